The fourth-order valence-electron chi connectivity index (χ4n) is 2.87. The summed E-state index contributed by atoms with van der Waals surface area (Å²) in [5.41, 5.74) is 2.07. The van der Waals surface area contributed by atoms with Gasteiger partial charge in [0.2, 0.25) is 5.91 Å². The molecule has 126 valence electrons. The smallest absolute Gasteiger partial charge is 0.315 e. The Hall–Kier alpha value is -2.50. The molecule has 2 aliphatic rings. The summed E-state index contributed by atoms with van der Waals surface area (Å²) in [4.78, 5) is 27.8. The van der Waals surface area contributed by atoms with Crippen molar-refractivity contribution in [2.24, 2.45) is 0 Å². The van der Waals surface area contributed by atoms with Crippen LogP contribution in [-0.2, 0) is 11.2 Å². The maximum absolute atomic E-state index is 12.5. The van der Waals surface area contributed by atoms with E-state index < -0.39 is 6.04 Å². The van der Waals surface area contributed by atoms with Gasteiger partial charge >= 0.3 is 6.03 Å². The highest BCUT2D eigenvalue weighted by molar-refractivity contribution is 5.89. The van der Waals surface area contributed by atoms with Gasteiger partial charge in [0.25, 0.3) is 0 Å². The van der Waals surface area contributed by atoms with E-state index in [1.54, 1.807) is 0 Å². The molecule has 0 saturated heterocycles. The fourth-order valence-corrected chi connectivity index (χ4v) is 2.87. The number of benzene rings is 1. The van der Waals surface area contributed by atoms with E-state index >= 15 is 0 Å². The summed E-state index contributed by atoms with van der Waals surface area (Å²) in [5.74, 6) is -0.103. The molecule has 6 nitrogen and oxygen atoms in total. The first-order valence-electron chi connectivity index (χ1n) is 8.61. The van der Waals surface area contributed by atoms with Gasteiger partial charge in [0.05, 0.1) is 0 Å². The quantitative estimate of drug-likeness (QED) is 0.653. The van der Waals surface area contributed by atoms with Crippen LogP contribution in [0.3, 0.4) is 0 Å². The second kappa shape index (κ2) is 6.19. The molecule has 2 aromatic rings. The molecule has 24 heavy (non-hydrogen) atoms. The third kappa shape index (κ3) is 3.53. The topological polar surface area (TPSA) is 86.0 Å². The van der Waals surface area contributed by atoms with Gasteiger partial charge in [-0.15, -0.1) is 0 Å². The van der Waals surface area contributed by atoms with E-state index in [0.717, 1.165) is 42.1 Å². The third-order valence-electron chi connectivity index (χ3n) is 4.56. The first-order valence-corrected chi connectivity index (χ1v) is 8.61. The zero-order valence-electron chi connectivity index (χ0n) is 13.5. The van der Waals surface area contributed by atoms with E-state index in [1.165, 1.54) is 0 Å². The first kappa shape index (κ1) is 15.1. The number of nitrogens with one attached hydrogen (secondary N) is 4. The van der Waals surface area contributed by atoms with Gasteiger partial charge in [0.1, 0.15) is 6.04 Å². The molecule has 1 aromatic heterocycles. The van der Waals surface area contributed by atoms with Crippen LogP contribution in [-0.4, -0.2) is 35.0 Å². The van der Waals surface area contributed by atoms with Crippen LogP contribution in [0.2, 0.25) is 0 Å². The Morgan fingerprint density at radius 1 is 1.08 bits per heavy atom. The van der Waals surface area contributed by atoms with Gasteiger partial charge in [-0.1, -0.05) is 18.2 Å². The second-order valence-corrected chi connectivity index (χ2v) is 6.79. The SMILES string of the molecule is O=C(NC1CC1)N[C@@H](Cc1c[nH]c2ccccc12)C(=O)NC1CC1. The predicted molar refractivity (Wildman–Crippen MR) is 91.6 cm³/mol. The Balaban J connectivity index is 1.49. The zero-order valence-corrected chi connectivity index (χ0v) is 13.5. The Labute approximate surface area is 140 Å². The lowest BCUT2D eigenvalue weighted by Crippen LogP contribution is -2.51. The van der Waals surface area contributed by atoms with Gasteiger partial charge in [-0.05, 0) is 37.3 Å². The Morgan fingerprint density at radius 3 is 2.54 bits per heavy atom. The van der Waals surface area contributed by atoms with Gasteiger partial charge in [-0.3, -0.25) is 4.79 Å². The average Bonchev–Trinajstić information content (AvgIpc) is 3.49. The van der Waals surface area contributed by atoms with Gasteiger partial charge < -0.3 is 20.9 Å². The molecule has 4 N–H and O–H groups in total. The molecule has 0 unspecified atom stereocenters. The molecule has 2 fully saturated rings. The van der Waals surface area contributed by atoms with Crippen LogP contribution >= 0.6 is 0 Å². The van der Waals surface area contributed by atoms with E-state index in [9.17, 15) is 9.59 Å². The normalized spacial score (nSPS) is 18.2. The van der Waals surface area contributed by atoms with Crippen molar-refractivity contribution in [3.63, 3.8) is 0 Å². The minimum atomic E-state index is -0.566. The van der Waals surface area contributed by atoms with Crippen molar-refractivity contribution in [3.05, 3.63) is 36.0 Å². The summed E-state index contributed by atoms with van der Waals surface area (Å²) < 4.78 is 0. The van der Waals surface area contributed by atoms with Crippen LogP contribution < -0.4 is 16.0 Å². The number of hydrogen-bond donors (Lipinski definition) is 4. The summed E-state index contributed by atoms with van der Waals surface area (Å²) in [6.45, 7) is 0. The van der Waals surface area contributed by atoms with E-state index in [0.29, 0.717) is 6.42 Å². The standard InChI is InChI=1S/C18H22N4O2/c23-17(20-12-5-6-12)16(22-18(24)21-13-7-8-13)9-11-10-19-15-4-2-1-3-14(11)15/h1-4,10,12-13,16,19H,5-9H2,(H,20,23)(H2,21,22,24)/t16-/m0/s1. The number of H-pyrrole nitrogens is 1. The van der Waals surface area contributed by atoms with Gasteiger partial charge in [-0.2, -0.15) is 0 Å². The summed E-state index contributed by atoms with van der Waals surface area (Å²) in [6, 6.07) is 7.71. The summed E-state index contributed by atoms with van der Waals surface area (Å²) in [7, 11) is 0. The molecule has 0 radical (unpaired) electrons. The lowest BCUT2D eigenvalue weighted by atomic mass is 10.0. The molecule has 3 amide bonds. The van der Waals surface area contributed by atoms with E-state index in [4.69, 9.17) is 0 Å². The molecule has 0 aliphatic heterocycles. The minimum absolute atomic E-state index is 0.103. The summed E-state index contributed by atoms with van der Waals surface area (Å²) >= 11 is 0. The number of aromatic nitrogens is 1. The van der Waals surface area contributed by atoms with Crippen LogP contribution in [0.25, 0.3) is 10.9 Å². The summed E-state index contributed by atoms with van der Waals surface area (Å²) in [5, 5.41) is 9.82. The van der Waals surface area contributed by atoms with Gasteiger partial charge in [-0.25, -0.2) is 4.79 Å². The number of amides is 3. The van der Waals surface area contributed by atoms with Crippen LogP contribution in [0.15, 0.2) is 30.5 Å². The highest BCUT2D eigenvalue weighted by atomic mass is 16.2. The monoisotopic (exact) mass is 326 g/mol. The molecule has 4 rings (SSSR count). The van der Waals surface area contributed by atoms with Crippen molar-refractivity contribution in [3.8, 4) is 0 Å². The van der Waals surface area contributed by atoms with Gasteiger partial charge in [0, 0.05) is 35.6 Å². The van der Waals surface area contributed by atoms with E-state index in [-0.39, 0.29) is 24.0 Å². The number of hydrogen-bond acceptors (Lipinski definition) is 2. The Bertz CT molecular complexity index is 761. The minimum Gasteiger partial charge on any atom is -0.361 e. The number of carbonyl (C=O) groups is 2. The molecule has 0 bridgehead atoms. The van der Waals surface area contributed by atoms with Crippen molar-refractivity contribution < 1.29 is 9.59 Å². The van der Waals surface area contributed by atoms with Crippen LogP contribution in [0.4, 0.5) is 4.79 Å². The molecule has 6 heteroatoms. The number of urea groups is 1. The van der Waals surface area contributed by atoms with Crippen LogP contribution in [0, 0.1) is 0 Å². The van der Waals surface area contributed by atoms with Crippen molar-refractivity contribution in [1.82, 2.24) is 20.9 Å². The molecule has 2 saturated carbocycles. The number of aromatic amines is 1. The van der Waals surface area contributed by atoms with E-state index in [1.807, 2.05) is 30.5 Å². The molecule has 1 atom stereocenters. The molecule has 2 aliphatic carbocycles. The fraction of sp³-hybridized carbons (Fsp3) is 0.444. The number of carbonyl (C=O) groups excluding carboxylic acids is 2. The lowest BCUT2D eigenvalue weighted by Gasteiger charge is -2.18. The maximum Gasteiger partial charge on any atom is 0.315 e. The largest absolute Gasteiger partial charge is 0.361 e. The maximum atomic E-state index is 12.5. The Morgan fingerprint density at radius 2 is 1.79 bits per heavy atom. The summed E-state index contributed by atoms with van der Waals surface area (Å²) in [6.07, 6.45) is 6.49. The number of rotatable bonds is 6. The van der Waals surface area contributed by atoms with E-state index in [2.05, 4.69) is 20.9 Å². The van der Waals surface area contributed by atoms with Crippen LogP contribution in [0.5, 0.6) is 0 Å². The lowest BCUT2D eigenvalue weighted by molar-refractivity contribution is -0.123. The zero-order chi connectivity index (χ0) is 16.5. The second-order valence-electron chi connectivity index (χ2n) is 6.79. The molecular formula is C18H22N4O2. The van der Waals surface area contributed by atoms with Crippen LogP contribution in [0.1, 0.15) is 31.2 Å². The predicted octanol–water partition coefficient (Wildman–Crippen LogP) is 1.82. The molecular weight excluding hydrogens is 304 g/mol. The van der Waals surface area contributed by atoms with Crippen molar-refractivity contribution in [2.45, 2.75) is 50.2 Å². The number of fused-ring (bicyclic) bond motifs is 1. The van der Waals surface area contributed by atoms with Crippen molar-refractivity contribution >= 4 is 22.8 Å². The number of para-hydroxylation sites is 1. The highest BCUT2D eigenvalue weighted by Crippen LogP contribution is 2.22. The first-order chi connectivity index (χ1) is 11.7. The third-order valence-corrected chi connectivity index (χ3v) is 4.56. The van der Waals surface area contributed by atoms with Gasteiger partial charge in [0.15, 0.2) is 0 Å². The van der Waals surface area contributed by atoms with Crippen molar-refractivity contribution in [2.75, 3.05) is 0 Å². The highest BCUT2D eigenvalue weighted by Gasteiger charge is 2.30. The Kier molecular flexibility index (Phi) is 3.88. The van der Waals surface area contributed by atoms with Crippen molar-refractivity contribution in [1.29, 1.82) is 0 Å². The molecule has 1 heterocycles. The average molecular weight is 326 g/mol. The molecule has 1 aromatic carbocycles. The molecule has 0 spiro atoms.